The molecule has 0 aliphatic carbocycles. The zero-order chi connectivity index (χ0) is 22.7. The third-order valence-electron chi connectivity index (χ3n) is 4.73. The monoisotopic (exact) mass is 447 g/mol. The molecule has 1 saturated heterocycles. The molecule has 2 N–H and O–H groups in total. The average Bonchev–Trinajstić information content (AvgIpc) is 2.74. The minimum Gasteiger partial charge on any atom is -0.480 e. The van der Waals surface area contributed by atoms with Gasteiger partial charge < -0.3 is 5.11 Å². The fourth-order valence-electron chi connectivity index (χ4n) is 3.42. The lowest BCUT2D eigenvalue weighted by Crippen LogP contribution is -2.59. The van der Waals surface area contributed by atoms with Gasteiger partial charge in [0.05, 0.1) is 12.1 Å². The van der Waals surface area contributed by atoms with Crippen molar-refractivity contribution in [2.45, 2.75) is 36.1 Å². The Balaban J connectivity index is 1.83. The zero-order valence-corrected chi connectivity index (χ0v) is 18.3. The molecular weight excluding hydrogens is 426 g/mol. The van der Waals surface area contributed by atoms with Gasteiger partial charge in [-0.3, -0.25) is 15.0 Å². The van der Waals surface area contributed by atoms with Crippen LogP contribution in [-0.4, -0.2) is 39.0 Å². The van der Waals surface area contributed by atoms with Gasteiger partial charge in [0.2, 0.25) is 11.9 Å². The number of aliphatic imine (C=N–C) groups is 1. The number of carbonyl (C=O) groups excluding carboxylic acids is 1. The van der Waals surface area contributed by atoms with Gasteiger partial charge in [0.1, 0.15) is 6.04 Å². The number of hydrogen-bond acceptors (Lipinski definition) is 6. The third kappa shape index (κ3) is 4.78. The maximum Gasteiger partial charge on any atom is 0.327 e. The van der Waals surface area contributed by atoms with E-state index in [4.69, 9.17) is 0 Å². The van der Waals surface area contributed by atoms with Crippen LogP contribution in [-0.2, 0) is 9.59 Å². The van der Waals surface area contributed by atoms with Crippen LogP contribution in [0.1, 0.15) is 17.8 Å². The molecule has 1 aliphatic rings. The normalized spacial score (nSPS) is 17.3. The number of carbonyl (C=O) groups is 2. The second kappa shape index (κ2) is 9.19. The van der Waals surface area contributed by atoms with E-state index < -0.39 is 17.9 Å². The number of amides is 1. The van der Waals surface area contributed by atoms with Gasteiger partial charge in [-0.05, 0) is 44.2 Å². The predicted octanol–water partition coefficient (Wildman–Crippen LogP) is 3.71. The Bertz CT molecular complexity index is 1180. The van der Waals surface area contributed by atoms with Gasteiger partial charge >= 0.3 is 5.97 Å². The highest BCUT2D eigenvalue weighted by Gasteiger charge is 2.38. The van der Waals surface area contributed by atoms with Gasteiger partial charge in [-0.15, -0.1) is 0 Å². The van der Waals surface area contributed by atoms with Crippen molar-refractivity contribution < 1.29 is 14.7 Å². The minimum atomic E-state index is -1.12. The van der Waals surface area contributed by atoms with Crippen molar-refractivity contribution in [1.82, 2.24) is 15.3 Å². The molecule has 0 spiro atoms. The smallest absolute Gasteiger partial charge is 0.327 e. The van der Waals surface area contributed by atoms with Gasteiger partial charge in [-0.25, -0.2) is 14.8 Å². The molecule has 2 aromatic carbocycles. The molecule has 162 valence electrons. The Morgan fingerprint density at radius 1 is 1.09 bits per heavy atom. The van der Waals surface area contributed by atoms with Crippen molar-refractivity contribution in [2.24, 2.45) is 4.99 Å². The summed E-state index contributed by atoms with van der Waals surface area (Å²) in [6.45, 7) is 3.64. The molecule has 0 radical (unpaired) electrons. The number of nitrogens with one attached hydrogen (secondary N) is 1. The van der Waals surface area contributed by atoms with Crippen LogP contribution >= 0.6 is 11.8 Å². The Kier molecular flexibility index (Phi) is 6.18. The first kappa shape index (κ1) is 21.5. The van der Waals surface area contributed by atoms with Crippen LogP contribution in [0.25, 0.3) is 0 Å². The van der Waals surface area contributed by atoms with Crippen LogP contribution in [0.2, 0.25) is 0 Å². The molecule has 0 saturated carbocycles. The summed E-state index contributed by atoms with van der Waals surface area (Å²) in [6, 6.07) is 17.9. The second-order valence-electron chi connectivity index (χ2n) is 7.25. The summed E-state index contributed by atoms with van der Waals surface area (Å²) in [5.41, 5.74) is 2.07. The van der Waals surface area contributed by atoms with E-state index >= 15 is 0 Å². The first-order chi connectivity index (χ1) is 15.4. The molecule has 1 unspecified atom stereocenters. The van der Waals surface area contributed by atoms with Gasteiger partial charge in [-0.2, -0.15) is 4.99 Å². The van der Waals surface area contributed by atoms with Crippen molar-refractivity contribution >= 4 is 41.2 Å². The van der Waals surface area contributed by atoms with Crippen LogP contribution in [0, 0.1) is 13.8 Å². The quantitative estimate of drug-likeness (QED) is 0.614. The number of aryl methyl sites for hydroxylation is 2. The fourth-order valence-corrected chi connectivity index (χ4v) is 4.39. The molecule has 1 atom stereocenters. The van der Waals surface area contributed by atoms with E-state index in [1.807, 2.05) is 74.5 Å². The van der Waals surface area contributed by atoms with E-state index in [0.717, 1.165) is 21.2 Å². The van der Waals surface area contributed by atoms with Crippen molar-refractivity contribution in [1.29, 1.82) is 0 Å². The number of para-hydroxylation sites is 1. The molecule has 4 rings (SSSR count). The minimum absolute atomic E-state index is 0.0831. The molecule has 3 aromatic rings. The van der Waals surface area contributed by atoms with Crippen molar-refractivity contribution in [3.63, 3.8) is 0 Å². The van der Waals surface area contributed by atoms with Gasteiger partial charge in [0.15, 0.2) is 0 Å². The SMILES string of the molecule is Cc1cc(C)nc(N=C2NC(=O)CC(C(=O)O)N2c2ccccc2Sc2ccccc2)n1. The number of guanidine groups is 1. The molecule has 32 heavy (non-hydrogen) atoms. The number of nitrogens with zero attached hydrogens (tertiary/aromatic N) is 4. The van der Waals surface area contributed by atoms with Gasteiger partial charge in [0, 0.05) is 21.2 Å². The molecule has 2 heterocycles. The largest absolute Gasteiger partial charge is 0.480 e. The number of carboxylic acid groups (broad SMARTS) is 1. The van der Waals surface area contributed by atoms with E-state index in [9.17, 15) is 14.7 Å². The van der Waals surface area contributed by atoms with E-state index in [-0.39, 0.29) is 18.3 Å². The number of carboxylic acids is 1. The fraction of sp³-hybridized carbons (Fsp3) is 0.174. The maximum absolute atomic E-state index is 12.3. The Morgan fingerprint density at radius 2 is 1.75 bits per heavy atom. The molecule has 1 amide bonds. The molecule has 8 nitrogen and oxygen atoms in total. The lowest BCUT2D eigenvalue weighted by molar-refractivity contribution is -0.140. The van der Waals surface area contributed by atoms with Crippen LogP contribution in [0.5, 0.6) is 0 Å². The Morgan fingerprint density at radius 3 is 2.44 bits per heavy atom. The number of hydrogen-bond donors (Lipinski definition) is 2. The van der Waals surface area contributed by atoms with Gasteiger partial charge in [0.25, 0.3) is 5.95 Å². The number of rotatable bonds is 5. The first-order valence-corrected chi connectivity index (χ1v) is 10.8. The van der Waals surface area contributed by atoms with Crippen LogP contribution < -0.4 is 10.2 Å². The summed E-state index contributed by atoms with van der Waals surface area (Å²) < 4.78 is 0. The summed E-state index contributed by atoms with van der Waals surface area (Å²) in [4.78, 5) is 40.9. The topological polar surface area (TPSA) is 108 Å². The standard InChI is InChI=1S/C23H21N5O3S/c1-14-12-15(2)25-22(24-14)27-23-26-20(29)13-18(21(30)31)28(23)17-10-6-7-11-19(17)32-16-8-4-3-5-9-16/h3-12,18H,13H2,1-2H3,(H,30,31)(H,24,25,26,27,29). The maximum atomic E-state index is 12.3. The Hall–Kier alpha value is -3.72. The van der Waals surface area contributed by atoms with E-state index in [1.54, 1.807) is 0 Å². The van der Waals surface area contributed by atoms with E-state index in [0.29, 0.717) is 5.69 Å². The molecule has 1 aromatic heterocycles. The van der Waals surface area contributed by atoms with Gasteiger partial charge in [-0.1, -0.05) is 42.1 Å². The molecular formula is C23H21N5O3S. The summed E-state index contributed by atoms with van der Waals surface area (Å²) >= 11 is 1.50. The number of benzene rings is 2. The lowest BCUT2D eigenvalue weighted by Gasteiger charge is -2.36. The third-order valence-corrected chi connectivity index (χ3v) is 5.80. The second-order valence-corrected chi connectivity index (χ2v) is 8.36. The van der Waals surface area contributed by atoms with Crippen molar-refractivity contribution in [3.05, 3.63) is 72.1 Å². The lowest BCUT2D eigenvalue weighted by atomic mass is 10.1. The first-order valence-electron chi connectivity index (χ1n) is 9.95. The summed E-state index contributed by atoms with van der Waals surface area (Å²) in [5.74, 6) is -1.31. The molecule has 1 fully saturated rings. The number of aromatic nitrogens is 2. The highest BCUT2D eigenvalue weighted by atomic mass is 32.2. The average molecular weight is 448 g/mol. The van der Waals surface area contributed by atoms with Crippen molar-refractivity contribution in [3.8, 4) is 0 Å². The Labute approximate surface area is 189 Å². The van der Waals surface area contributed by atoms with E-state index in [1.165, 1.54) is 16.7 Å². The van der Waals surface area contributed by atoms with Crippen molar-refractivity contribution in [2.75, 3.05) is 4.90 Å². The molecule has 0 bridgehead atoms. The van der Waals surface area contributed by atoms with Crippen LogP contribution in [0.4, 0.5) is 11.6 Å². The summed E-state index contributed by atoms with van der Waals surface area (Å²) in [6.07, 6.45) is -0.202. The molecule has 1 aliphatic heterocycles. The zero-order valence-electron chi connectivity index (χ0n) is 17.5. The number of anilines is 1. The van der Waals surface area contributed by atoms with E-state index in [2.05, 4.69) is 20.3 Å². The highest BCUT2D eigenvalue weighted by Crippen LogP contribution is 2.37. The summed E-state index contributed by atoms with van der Waals surface area (Å²) in [7, 11) is 0. The predicted molar refractivity (Wildman–Crippen MR) is 122 cm³/mol. The van der Waals surface area contributed by atoms with Crippen LogP contribution in [0.3, 0.4) is 0 Å². The summed E-state index contributed by atoms with van der Waals surface area (Å²) in [5, 5.41) is 12.6. The molecule has 9 heteroatoms. The highest BCUT2D eigenvalue weighted by molar-refractivity contribution is 7.99. The number of aliphatic carboxylic acids is 1. The van der Waals surface area contributed by atoms with Crippen LogP contribution in [0.15, 0.2) is 75.4 Å².